The Labute approximate surface area is 122 Å². The molecule has 112 valence electrons. The van der Waals surface area contributed by atoms with Gasteiger partial charge in [0, 0.05) is 5.92 Å². The Morgan fingerprint density at radius 1 is 1.52 bits per heavy atom. The van der Waals surface area contributed by atoms with Crippen molar-refractivity contribution in [3.63, 3.8) is 0 Å². The summed E-state index contributed by atoms with van der Waals surface area (Å²) < 4.78 is 7.72. The fourth-order valence-corrected chi connectivity index (χ4v) is 2.98. The number of ether oxygens (including phenoxy) is 1. The average molecular weight is 289 g/mol. The number of fused-ring (bicyclic) bond motifs is 1. The number of nitrogen functional groups attached to an aromatic ring is 1. The Morgan fingerprint density at radius 3 is 2.95 bits per heavy atom. The molecule has 0 aliphatic carbocycles. The fourth-order valence-electron chi connectivity index (χ4n) is 2.98. The molecule has 3 rings (SSSR count). The van der Waals surface area contributed by atoms with Gasteiger partial charge in [-0.15, -0.1) is 6.58 Å². The molecular formula is C14H19N5O2. The van der Waals surface area contributed by atoms with E-state index in [0.717, 1.165) is 6.42 Å². The molecule has 0 saturated carbocycles. The number of imidazole rings is 1. The molecule has 0 amide bonds. The van der Waals surface area contributed by atoms with E-state index in [9.17, 15) is 5.11 Å². The minimum Gasteiger partial charge on any atom is -0.382 e. The second-order valence-electron chi connectivity index (χ2n) is 5.40. The number of aliphatic hydroxyl groups is 1. The van der Waals surface area contributed by atoms with Crippen LogP contribution >= 0.6 is 0 Å². The Bertz CT molecular complexity index is 685. The van der Waals surface area contributed by atoms with Gasteiger partial charge in [0.05, 0.1) is 12.4 Å². The number of hydrogen-bond acceptors (Lipinski definition) is 6. The summed E-state index contributed by atoms with van der Waals surface area (Å²) in [7, 11) is 0. The smallest absolute Gasteiger partial charge is 0.169 e. The minimum absolute atomic E-state index is 0.0605. The number of nitrogens with two attached hydrogens (primary N) is 1. The third-order valence-electron chi connectivity index (χ3n) is 4.36. The van der Waals surface area contributed by atoms with E-state index in [-0.39, 0.29) is 12.0 Å². The van der Waals surface area contributed by atoms with Gasteiger partial charge in [0.2, 0.25) is 0 Å². The van der Waals surface area contributed by atoms with Gasteiger partial charge in [0.15, 0.2) is 17.7 Å². The van der Waals surface area contributed by atoms with Gasteiger partial charge in [-0.2, -0.15) is 0 Å². The van der Waals surface area contributed by atoms with Crippen LogP contribution in [-0.4, -0.2) is 36.3 Å². The highest BCUT2D eigenvalue weighted by Gasteiger charge is 2.52. The first-order chi connectivity index (χ1) is 10.0. The molecule has 2 aromatic heterocycles. The first kappa shape index (κ1) is 14.0. The maximum absolute atomic E-state index is 11.0. The van der Waals surface area contributed by atoms with Gasteiger partial charge in [0.25, 0.3) is 0 Å². The lowest BCUT2D eigenvalue weighted by Crippen LogP contribution is -2.39. The number of anilines is 1. The van der Waals surface area contributed by atoms with Gasteiger partial charge in [-0.3, -0.25) is 4.57 Å². The maximum atomic E-state index is 11.0. The highest BCUT2D eigenvalue weighted by molar-refractivity contribution is 5.81. The highest BCUT2D eigenvalue weighted by Crippen LogP contribution is 2.45. The molecule has 7 nitrogen and oxygen atoms in total. The first-order valence-corrected chi connectivity index (χ1v) is 6.97. The molecule has 0 unspecified atom stereocenters. The van der Waals surface area contributed by atoms with Crippen molar-refractivity contribution in [3.8, 4) is 0 Å². The SMILES string of the molecule is C=C[C@@]1(O)[C@H](C)[C@@H](CC)O[C@H]1n1cnc2c(N)ncnc21. The zero-order valence-corrected chi connectivity index (χ0v) is 12.1. The molecule has 2 aromatic rings. The monoisotopic (exact) mass is 289 g/mol. The van der Waals surface area contributed by atoms with Crippen molar-refractivity contribution in [1.29, 1.82) is 0 Å². The molecule has 1 aliphatic rings. The second-order valence-corrected chi connectivity index (χ2v) is 5.40. The maximum Gasteiger partial charge on any atom is 0.169 e. The van der Waals surface area contributed by atoms with E-state index < -0.39 is 11.8 Å². The van der Waals surface area contributed by atoms with E-state index in [1.165, 1.54) is 12.4 Å². The summed E-state index contributed by atoms with van der Waals surface area (Å²) in [6.45, 7) is 7.75. The summed E-state index contributed by atoms with van der Waals surface area (Å²) >= 11 is 0. The van der Waals surface area contributed by atoms with Crippen molar-refractivity contribution in [2.45, 2.75) is 38.2 Å². The minimum atomic E-state index is -1.19. The molecule has 1 fully saturated rings. The molecular weight excluding hydrogens is 270 g/mol. The van der Waals surface area contributed by atoms with Crippen LogP contribution in [0.1, 0.15) is 26.5 Å². The van der Waals surface area contributed by atoms with Crippen molar-refractivity contribution < 1.29 is 9.84 Å². The van der Waals surface area contributed by atoms with Gasteiger partial charge in [-0.1, -0.05) is 19.9 Å². The third-order valence-corrected chi connectivity index (χ3v) is 4.36. The Hall–Kier alpha value is -1.99. The summed E-state index contributed by atoms with van der Waals surface area (Å²) in [6.07, 6.45) is 4.59. The fraction of sp³-hybridized carbons (Fsp3) is 0.500. The third kappa shape index (κ3) is 1.85. The second kappa shape index (κ2) is 4.78. The van der Waals surface area contributed by atoms with Crippen LogP contribution in [0.3, 0.4) is 0 Å². The van der Waals surface area contributed by atoms with Gasteiger partial charge < -0.3 is 15.6 Å². The van der Waals surface area contributed by atoms with E-state index in [0.29, 0.717) is 17.0 Å². The van der Waals surface area contributed by atoms with Crippen LogP contribution in [0.25, 0.3) is 11.2 Å². The first-order valence-electron chi connectivity index (χ1n) is 6.97. The molecule has 0 bridgehead atoms. The van der Waals surface area contributed by atoms with Crippen molar-refractivity contribution in [2.24, 2.45) is 5.92 Å². The van der Waals surface area contributed by atoms with Crippen LogP contribution in [0, 0.1) is 5.92 Å². The Kier molecular flexibility index (Phi) is 3.18. The number of aromatic nitrogens is 4. The molecule has 3 heterocycles. The molecule has 4 atom stereocenters. The molecule has 0 aromatic carbocycles. The summed E-state index contributed by atoms with van der Waals surface area (Å²) in [5, 5.41) is 11.0. The van der Waals surface area contributed by atoms with Crippen LogP contribution in [0.2, 0.25) is 0 Å². The van der Waals surface area contributed by atoms with Gasteiger partial charge in [0.1, 0.15) is 17.4 Å². The standard InChI is InChI=1S/C14H19N5O2/c1-4-9-8(3)14(20,5-2)13(21-9)19-7-18-10-11(15)16-6-17-12(10)19/h5-9,13,20H,2,4H2,1,3H3,(H2,15,16,17)/t8-,9-,13-,14-/m1/s1. The van der Waals surface area contributed by atoms with E-state index in [1.54, 1.807) is 10.9 Å². The zero-order valence-electron chi connectivity index (χ0n) is 12.1. The van der Waals surface area contributed by atoms with Crippen LogP contribution in [0.4, 0.5) is 5.82 Å². The van der Waals surface area contributed by atoms with Crippen LogP contribution in [0.5, 0.6) is 0 Å². The summed E-state index contributed by atoms with van der Waals surface area (Å²) in [4.78, 5) is 12.3. The predicted molar refractivity (Wildman–Crippen MR) is 78.2 cm³/mol. The predicted octanol–water partition coefficient (Wildman–Crippen LogP) is 1.27. The van der Waals surface area contributed by atoms with Gasteiger partial charge in [-0.25, -0.2) is 15.0 Å². The molecule has 0 spiro atoms. The zero-order chi connectivity index (χ0) is 15.2. The quantitative estimate of drug-likeness (QED) is 0.825. The summed E-state index contributed by atoms with van der Waals surface area (Å²) in [5.74, 6) is 0.223. The van der Waals surface area contributed by atoms with Gasteiger partial charge in [-0.05, 0) is 6.42 Å². The normalized spacial score (nSPS) is 32.6. The highest BCUT2D eigenvalue weighted by atomic mass is 16.5. The topological polar surface area (TPSA) is 99.1 Å². The van der Waals surface area contributed by atoms with Crippen LogP contribution in [0.15, 0.2) is 25.3 Å². The van der Waals surface area contributed by atoms with E-state index in [1.807, 2.05) is 13.8 Å². The van der Waals surface area contributed by atoms with Gasteiger partial charge >= 0.3 is 0 Å². The van der Waals surface area contributed by atoms with Crippen LogP contribution < -0.4 is 5.73 Å². The molecule has 7 heteroatoms. The Balaban J connectivity index is 2.13. The average Bonchev–Trinajstić information content (AvgIpc) is 3.01. The Morgan fingerprint density at radius 2 is 2.29 bits per heavy atom. The lowest BCUT2D eigenvalue weighted by Gasteiger charge is -2.29. The lowest BCUT2D eigenvalue weighted by molar-refractivity contribution is -0.0675. The number of hydrogen-bond donors (Lipinski definition) is 2. The van der Waals surface area contributed by atoms with E-state index in [2.05, 4.69) is 21.5 Å². The summed E-state index contributed by atoms with van der Waals surface area (Å²) in [6, 6.07) is 0. The van der Waals surface area contributed by atoms with Crippen molar-refractivity contribution in [1.82, 2.24) is 19.5 Å². The van der Waals surface area contributed by atoms with E-state index in [4.69, 9.17) is 10.5 Å². The van der Waals surface area contributed by atoms with Crippen LogP contribution in [-0.2, 0) is 4.74 Å². The van der Waals surface area contributed by atoms with Crippen molar-refractivity contribution in [2.75, 3.05) is 5.73 Å². The summed E-state index contributed by atoms with van der Waals surface area (Å²) in [5.41, 5.74) is 5.65. The molecule has 0 radical (unpaired) electrons. The number of nitrogens with zero attached hydrogens (tertiary/aromatic N) is 4. The molecule has 1 saturated heterocycles. The molecule has 1 aliphatic heterocycles. The van der Waals surface area contributed by atoms with Crippen molar-refractivity contribution in [3.05, 3.63) is 25.3 Å². The largest absolute Gasteiger partial charge is 0.382 e. The number of rotatable bonds is 3. The molecule has 3 N–H and O–H groups in total. The molecule has 21 heavy (non-hydrogen) atoms. The van der Waals surface area contributed by atoms with Crippen molar-refractivity contribution >= 4 is 17.0 Å². The lowest BCUT2D eigenvalue weighted by atomic mass is 9.85. The van der Waals surface area contributed by atoms with E-state index >= 15 is 0 Å².